The van der Waals surface area contributed by atoms with Gasteiger partial charge in [0, 0.05) is 30.9 Å². The van der Waals surface area contributed by atoms with Crippen LogP contribution in [-0.4, -0.2) is 45.8 Å². The number of carboxylic acid groups (broad SMARTS) is 1. The van der Waals surface area contributed by atoms with Crippen LogP contribution in [0.15, 0.2) is 41.5 Å². The number of aromatic nitrogens is 2. The highest BCUT2D eigenvalue weighted by molar-refractivity contribution is 5.79. The molecule has 0 spiro atoms. The molecule has 0 bridgehead atoms. The highest BCUT2D eigenvalue weighted by Crippen LogP contribution is 2.32. The van der Waals surface area contributed by atoms with Gasteiger partial charge in [-0.1, -0.05) is 6.07 Å². The summed E-state index contributed by atoms with van der Waals surface area (Å²) < 4.78 is 11.9. The maximum Gasteiger partial charge on any atom is 0.347 e. The molecule has 0 saturated heterocycles. The average molecular weight is 458 g/mol. The molecule has 2 heterocycles. The van der Waals surface area contributed by atoms with Gasteiger partial charge in [0.15, 0.2) is 11.5 Å². The van der Waals surface area contributed by atoms with Crippen LogP contribution in [0.2, 0.25) is 0 Å². The molecule has 0 unspecified atom stereocenters. The van der Waals surface area contributed by atoms with Crippen molar-refractivity contribution in [2.45, 2.75) is 44.8 Å². The number of ether oxygens (including phenoxy) is 2. The number of benzene rings is 1. The molecule has 11 heteroatoms. The van der Waals surface area contributed by atoms with Crippen LogP contribution in [-0.2, 0) is 27.5 Å². The van der Waals surface area contributed by atoms with Gasteiger partial charge in [-0.25, -0.2) is 9.78 Å². The molecule has 0 radical (unpaired) electrons. The Hall–Kier alpha value is -3.89. The zero-order valence-electron chi connectivity index (χ0n) is 17.9. The van der Waals surface area contributed by atoms with Crippen LogP contribution < -0.4 is 25.8 Å². The molecule has 2 aliphatic rings. The average Bonchev–Trinajstić information content (AvgIpc) is 3.28. The Morgan fingerprint density at radius 3 is 2.64 bits per heavy atom. The summed E-state index contributed by atoms with van der Waals surface area (Å²) in [7, 11) is 0. The second kappa shape index (κ2) is 11.7. The van der Waals surface area contributed by atoms with Crippen molar-refractivity contribution in [3.63, 3.8) is 0 Å². The number of rotatable bonds is 6. The lowest BCUT2D eigenvalue weighted by atomic mass is 9.85. The molecule has 11 nitrogen and oxygen atoms in total. The summed E-state index contributed by atoms with van der Waals surface area (Å²) in [4.78, 5) is 48.3. The standard InChI is InChI=1S/C21H24N4O5.CH2O2/c26-19(12-25-9-1-8-22-21(25)28)24-16-5-3-15(4-6-16)20(27)23-11-14-2-7-17-18(10-14)30-13-29-17;2-1-3/h1-2,7-10,15-16H,3-6,11-13H2,(H,23,27)(H,24,26);1H,(H,2,3). The van der Waals surface area contributed by atoms with Crippen molar-refractivity contribution >= 4 is 18.3 Å². The van der Waals surface area contributed by atoms with Crippen LogP contribution in [0.25, 0.3) is 0 Å². The van der Waals surface area contributed by atoms with Gasteiger partial charge in [0.2, 0.25) is 18.6 Å². The topological polar surface area (TPSA) is 149 Å². The van der Waals surface area contributed by atoms with E-state index in [4.69, 9.17) is 19.4 Å². The summed E-state index contributed by atoms with van der Waals surface area (Å²) in [5.41, 5.74) is 0.509. The van der Waals surface area contributed by atoms with Gasteiger partial charge in [0.25, 0.3) is 6.47 Å². The van der Waals surface area contributed by atoms with Crippen LogP contribution >= 0.6 is 0 Å². The summed E-state index contributed by atoms with van der Waals surface area (Å²) >= 11 is 0. The molecule has 0 atom stereocenters. The normalized spacial score (nSPS) is 18.4. The quantitative estimate of drug-likeness (QED) is 0.535. The Morgan fingerprint density at radius 1 is 1.18 bits per heavy atom. The van der Waals surface area contributed by atoms with Gasteiger partial charge in [0.1, 0.15) is 6.54 Å². The fourth-order valence-electron chi connectivity index (χ4n) is 3.82. The van der Waals surface area contributed by atoms with Crippen LogP contribution in [0.4, 0.5) is 0 Å². The van der Waals surface area contributed by atoms with E-state index in [1.807, 2.05) is 18.2 Å². The maximum absolute atomic E-state index is 12.5. The van der Waals surface area contributed by atoms with Crippen LogP contribution in [0.5, 0.6) is 11.5 Å². The summed E-state index contributed by atoms with van der Waals surface area (Å²) in [5.74, 6) is 1.17. The van der Waals surface area contributed by atoms with Crippen molar-refractivity contribution < 1.29 is 29.0 Å². The minimum Gasteiger partial charge on any atom is -0.483 e. The van der Waals surface area contributed by atoms with Gasteiger partial charge in [-0.15, -0.1) is 0 Å². The van der Waals surface area contributed by atoms with E-state index in [1.165, 1.54) is 17.0 Å². The van der Waals surface area contributed by atoms with E-state index >= 15 is 0 Å². The van der Waals surface area contributed by atoms with Crippen LogP contribution in [0, 0.1) is 5.92 Å². The number of nitrogens with one attached hydrogen (secondary N) is 2. The van der Waals surface area contributed by atoms with Crippen molar-refractivity contribution in [3.8, 4) is 11.5 Å². The van der Waals surface area contributed by atoms with E-state index in [0.29, 0.717) is 25.1 Å². The van der Waals surface area contributed by atoms with Gasteiger partial charge in [-0.05, 0) is 49.4 Å². The number of hydrogen-bond acceptors (Lipinski definition) is 7. The molecular formula is C22H26N4O7. The van der Waals surface area contributed by atoms with E-state index in [2.05, 4.69) is 15.6 Å². The molecule has 1 aromatic carbocycles. The highest BCUT2D eigenvalue weighted by Gasteiger charge is 2.27. The Labute approximate surface area is 189 Å². The first-order chi connectivity index (χ1) is 16.0. The molecule has 1 aliphatic heterocycles. The first kappa shape index (κ1) is 23.8. The molecule has 2 aromatic rings. The molecule has 1 saturated carbocycles. The van der Waals surface area contributed by atoms with Crippen molar-refractivity contribution in [3.05, 3.63) is 52.7 Å². The summed E-state index contributed by atoms with van der Waals surface area (Å²) in [6.45, 7) is 0.360. The fraction of sp³-hybridized carbons (Fsp3) is 0.409. The third kappa shape index (κ3) is 6.79. The first-order valence-electron chi connectivity index (χ1n) is 10.5. The van der Waals surface area contributed by atoms with Gasteiger partial charge < -0.3 is 25.2 Å². The Morgan fingerprint density at radius 2 is 1.91 bits per heavy atom. The van der Waals surface area contributed by atoms with Crippen molar-refractivity contribution in [2.75, 3.05) is 6.79 Å². The molecule has 1 aromatic heterocycles. The smallest absolute Gasteiger partial charge is 0.347 e. The van der Waals surface area contributed by atoms with E-state index in [9.17, 15) is 14.4 Å². The predicted octanol–water partition coefficient (Wildman–Crippen LogP) is 0.664. The third-order valence-corrected chi connectivity index (χ3v) is 5.46. The zero-order chi connectivity index (χ0) is 23.6. The largest absolute Gasteiger partial charge is 0.483 e. The molecule has 1 fully saturated rings. The van der Waals surface area contributed by atoms with Gasteiger partial charge in [-0.3, -0.25) is 19.0 Å². The molecule has 33 heavy (non-hydrogen) atoms. The molecule has 4 rings (SSSR count). The summed E-state index contributed by atoms with van der Waals surface area (Å²) in [6.07, 6.45) is 5.83. The minimum atomic E-state index is -0.449. The highest BCUT2D eigenvalue weighted by atomic mass is 16.7. The second-order valence-electron chi connectivity index (χ2n) is 7.66. The lowest BCUT2D eigenvalue weighted by molar-refractivity contribution is -0.126. The lowest BCUT2D eigenvalue weighted by Crippen LogP contribution is -2.42. The molecular weight excluding hydrogens is 432 g/mol. The van der Waals surface area contributed by atoms with Crippen LogP contribution in [0.1, 0.15) is 31.2 Å². The second-order valence-corrected chi connectivity index (χ2v) is 7.66. The van der Waals surface area contributed by atoms with Gasteiger partial charge >= 0.3 is 5.69 Å². The van der Waals surface area contributed by atoms with E-state index in [1.54, 1.807) is 6.07 Å². The lowest BCUT2D eigenvalue weighted by Gasteiger charge is -2.28. The number of fused-ring (bicyclic) bond motifs is 1. The van der Waals surface area contributed by atoms with Crippen LogP contribution in [0.3, 0.4) is 0 Å². The minimum absolute atomic E-state index is 0.0165. The monoisotopic (exact) mass is 458 g/mol. The predicted molar refractivity (Wildman–Crippen MR) is 115 cm³/mol. The number of carbonyl (C=O) groups excluding carboxylic acids is 2. The van der Waals surface area contributed by atoms with Crippen molar-refractivity contribution in [1.82, 2.24) is 20.2 Å². The SMILES string of the molecule is O=C(Cn1cccnc1=O)NC1CCC(C(=O)NCc2ccc3c(c2)OCO3)CC1.O=CO. The molecule has 1 aliphatic carbocycles. The Balaban J connectivity index is 0.000000968. The summed E-state index contributed by atoms with van der Waals surface area (Å²) in [6, 6.07) is 7.26. The third-order valence-electron chi connectivity index (χ3n) is 5.46. The number of carbonyl (C=O) groups is 3. The number of hydrogen-bond donors (Lipinski definition) is 3. The maximum atomic E-state index is 12.5. The number of amides is 2. The van der Waals surface area contributed by atoms with Gasteiger partial charge in [0.05, 0.1) is 0 Å². The molecule has 2 amide bonds. The van der Waals surface area contributed by atoms with E-state index < -0.39 is 5.69 Å². The Bertz CT molecular complexity index is 1030. The summed E-state index contributed by atoms with van der Waals surface area (Å²) in [5, 5.41) is 12.8. The van der Waals surface area contributed by atoms with Gasteiger partial charge in [-0.2, -0.15) is 0 Å². The molecule has 3 N–H and O–H groups in total. The zero-order valence-corrected chi connectivity index (χ0v) is 17.9. The molecule has 176 valence electrons. The van der Waals surface area contributed by atoms with Crippen molar-refractivity contribution in [1.29, 1.82) is 0 Å². The van der Waals surface area contributed by atoms with Crippen molar-refractivity contribution in [2.24, 2.45) is 5.92 Å². The Kier molecular flexibility index (Phi) is 8.39. The fourth-order valence-corrected chi connectivity index (χ4v) is 3.82. The first-order valence-corrected chi connectivity index (χ1v) is 10.5. The van der Waals surface area contributed by atoms with E-state index in [0.717, 1.165) is 24.2 Å². The number of nitrogens with zero attached hydrogens (tertiary/aromatic N) is 2. The van der Waals surface area contributed by atoms with E-state index in [-0.39, 0.29) is 43.6 Å².